The Morgan fingerprint density at radius 3 is 1.17 bits per heavy atom. The van der Waals surface area contributed by atoms with E-state index in [1.165, 1.54) is 205 Å². The average Bonchev–Trinajstić information content (AvgIpc) is 3.37. The quantitative estimate of drug-likeness (QED) is 0.0244. The van der Waals surface area contributed by atoms with Crippen LogP contribution in [0.4, 0.5) is 0 Å². The van der Waals surface area contributed by atoms with Crippen LogP contribution in [-0.4, -0.2) is 47.4 Å². The van der Waals surface area contributed by atoms with E-state index in [1.807, 2.05) is 6.08 Å². The van der Waals surface area contributed by atoms with Gasteiger partial charge in [0.2, 0.25) is 5.91 Å². The van der Waals surface area contributed by atoms with E-state index in [2.05, 4.69) is 67.8 Å². The summed E-state index contributed by atoms with van der Waals surface area (Å²) in [6.07, 6.45) is 78.2. The van der Waals surface area contributed by atoms with Crippen molar-refractivity contribution < 1.29 is 24.5 Å². The van der Waals surface area contributed by atoms with E-state index in [4.69, 9.17) is 4.74 Å². The molecule has 2 unspecified atom stereocenters. The van der Waals surface area contributed by atoms with Gasteiger partial charge >= 0.3 is 5.97 Å². The maximum Gasteiger partial charge on any atom is 0.305 e. The fourth-order valence-corrected chi connectivity index (χ4v) is 9.24. The van der Waals surface area contributed by atoms with E-state index in [-0.39, 0.29) is 18.5 Å². The summed E-state index contributed by atoms with van der Waals surface area (Å²) in [5, 5.41) is 23.1. The second-order valence-electron chi connectivity index (χ2n) is 21.1. The number of hydrogen-bond acceptors (Lipinski definition) is 5. The summed E-state index contributed by atoms with van der Waals surface area (Å²) in [5.41, 5.74) is 0. The SMILES string of the molecule is CCCCCC/C=C\C/C=C\CCCCCCCCCC(=O)OCCCCC/C=C\C=C/CCCCCCCCCCCCC(=O)NC(CO)C(O)/C=C/CCCCCCCCCCCCCCCCC. The minimum atomic E-state index is -0.853. The van der Waals surface area contributed by atoms with Crippen LogP contribution in [0.5, 0.6) is 0 Å². The molecule has 3 N–H and O–H groups in total. The van der Waals surface area contributed by atoms with Crippen LogP contribution >= 0.6 is 0 Å². The molecule has 2 atom stereocenters. The van der Waals surface area contributed by atoms with E-state index >= 15 is 0 Å². The van der Waals surface area contributed by atoms with Gasteiger partial charge in [-0.15, -0.1) is 0 Å². The van der Waals surface area contributed by atoms with Crippen molar-refractivity contribution in [3.8, 4) is 0 Å². The predicted octanol–water partition coefficient (Wildman–Crippen LogP) is 19.5. The molecule has 0 aromatic carbocycles. The van der Waals surface area contributed by atoms with Gasteiger partial charge in [-0.05, 0) is 96.3 Å². The van der Waals surface area contributed by atoms with Crippen LogP contribution in [-0.2, 0) is 14.3 Å². The van der Waals surface area contributed by atoms with Crippen LogP contribution in [0.25, 0.3) is 0 Å². The maximum absolute atomic E-state index is 12.5. The van der Waals surface area contributed by atoms with Crippen LogP contribution in [0.15, 0.2) is 60.8 Å². The molecule has 1 amide bonds. The molecule has 0 fully saturated rings. The number of unbranched alkanes of at least 4 members (excludes halogenated alkanes) is 39. The normalized spacial score (nSPS) is 13.0. The Morgan fingerprint density at radius 2 is 0.746 bits per heavy atom. The molecular formula is C65H119NO5. The fraction of sp³-hybridized carbons (Fsp3) is 0.815. The molecule has 0 spiro atoms. The van der Waals surface area contributed by atoms with Gasteiger partial charge in [0.05, 0.1) is 25.4 Å². The molecule has 0 rings (SSSR count). The topological polar surface area (TPSA) is 95.9 Å². The zero-order valence-corrected chi connectivity index (χ0v) is 47.2. The molecule has 414 valence electrons. The Bertz CT molecular complexity index is 1240. The highest BCUT2D eigenvalue weighted by Crippen LogP contribution is 2.16. The summed E-state index contributed by atoms with van der Waals surface area (Å²) in [5.74, 6) is -0.0994. The largest absolute Gasteiger partial charge is 0.466 e. The molecule has 0 aliphatic carbocycles. The molecule has 0 radical (unpaired) electrons. The molecule has 71 heavy (non-hydrogen) atoms. The van der Waals surface area contributed by atoms with Crippen molar-refractivity contribution in [1.29, 1.82) is 0 Å². The summed E-state index contributed by atoms with van der Waals surface area (Å²) in [6.45, 7) is 4.85. The zero-order chi connectivity index (χ0) is 51.4. The third-order valence-corrected chi connectivity index (χ3v) is 14.0. The van der Waals surface area contributed by atoms with Crippen molar-refractivity contribution in [2.45, 2.75) is 328 Å². The van der Waals surface area contributed by atoms with Crippen molar-refractivity contribution in [1.82, 2.24) is 5.32 Å². The van der Waals surface area contributed by atoms with Gasteiger partial charge in [0.25, 0.3) is 0 Å². The van der Waals surface area contributed by atoms with Gasteiger partial charge in [0, 0.05) is 12.8 Å². The third kappa shape index (κ3) is 56.7. The van der Waals surface area contributed by atoms with E-state index in [0.717, 1.165) is 83.5 Å². The van der Waals surface area contributed by atoms with Gasteiger partial charge in [-0.25, -0.2) is 0 Å². The van der Waals surface area contributed by atoms with Crippen molar-refractivity contribution in [3.63, 3.8) is 0 Å². The van der Waals surface area contributed by atoms with Crippen molar-refractivity contribution >= 4 is 11.9 Å². The fourth-order valence-electron chi connectivity index (χ4n) is 9.24. The Kier molecular flexibility index (Phi) is 58.1. The van der Waals surface area contributed by atoms with Gasteiger partial charge in [-0.2, -0.15) is 0 Å². The zero-order valence-electron chi connectivity index (χ0n) is 47.2. The van der Waals surface area contributed by atoms with E-state index in [1.54, 1.807) is 6.08 Å². The van der Waals surface area contributed by atoms with Gasteiger partial charge in [-0.3, -0.25) is 9.59 Å². The second kappa shape index (κ2) is 60.1. The third-order valence-electron chi connectivity index (χ3n) is 14.0. The lowest BCUT2D eigenvalue weighted by molar-refractivity contribution is -0.143. The number of carbonyl (C=O) groups is 2. The summed E-state index contributed by atoms with van der Waals surface area (Å²) in [6, 6.07) is -0.637. The summed E-state index contributed by atoms with van der Waals surface area (Å²) < 4.78 is 5.46. The molecule has 0 aromatic rings. The Labute approximate surface area is 441 Å². The van der Waals surface area contributed by atoms with Crippen molar-refractivity contribution in [2.24, 2.45) is 0 Å². The molecule has 6 heteroatoms. The number of aliphatic hydroxyl groups is 2. The molecule has 0 aromatic heterocycles. The summed E-state index contributed by atoms with van der Waals surface area (Å²) in [7, 11) is 0. The first-order chi connectivity index (χ1) is 35.0. The minimum absolute atomic E-state index is 0.0219. The van der Waals surface area contributed by atoms with E-state index < -0.39 is 12.1 Å². The Morgan fingerprint density at radius 1 is 0.408 bits per heavy atom. The monoisotopic (exact) mass is 994 g/mol. The van der Waals surface area contributed by atoms with Gasteiger partial charge in [0.1, 0.15) is 0 Å². The Balaban J connectivity index is 3.51. The lowest BCUT2D eigenvalue weighted by Gasteiger charge is -2.20. The summed E-state index contributed by atoms with van der Waals surface area (Å²) >= 11 is 0. The highest BCUT2D eigenvalue weighted by Gasteiger charge is 2.18. The second-order valence-corrected chi connectivity index (χ2v) is 21.1. The number of amides is 1. The van der Waals surface area contributed by atoms with Crippen molar-refractivity contribution in [3.05, 3.63) is 60.8 Å². The predicted molar refractivity (Wildman–Crippen MR) is 310 cm³/mol. The van der Waals surface area contributed by atoms with Crippen molar-refractivity contribution in [2.75, 3.05) is 13.2 Å². The number of ether oxygens (including phenoxy) is 1. The highest BCUT2D eigenvalue weighted by atomic mass is 16.5. The first-order valence-electron chi connectivity index (χ1n) is 31.1. The first kappa shape index (κ1) is 68.6. The van der Waals surface area contributed by atoms with Crippen LogP contribution in [0.3, 0.4) is 0 Å². The molecule has 0 saturated heterocycles. The minimum Gasteiger partial charge on any atom is -0.466 e. The standard InChI is InChI=1S/C65H119NO5/c1-3-5-7-9-11-13-15-17-19-21-27-31-35-39-43-47-51-55-59-65(70)71-60-56-52-48-44-40-36-32-28-24-22-23-26-30-34-38-42-46-50-54-58-64(69)66-62(61-67)63(68)57-53-49-45-41-37-33-29-25-20-18-16-14-12-10-8-6-4-2/h13,15,19,21,28,32,36,40,53,57,62-63,67-68H,3-12,14,16-18,20,22-27,29-31,33-35,37-39,41-52,54-56,58-61H2,1-2H3,(H,66,69)/b15-13-,21-19-,32-28-,40-36-,57-53+. The Hall–Kier alpha value is -2.44. The molecule has 0 saturated carbocycles. The van der Waals surface area contributed by atoms with E-state index in [9.17, 15) is 19.8 Å². The van der Waals surface area contributed by atoms with Gasteiger partial charge in [0.15, 0.2) is 0 Å². The highest BCUT2D eigenvalue weighted by molar-refractivity contribution is 5.76. The van der Waals surface area contributed by atoms with Gasteiger partial charge in [-0.1, -0.05) is 267 Å². The average molecular weight is 995 g/mol. The smallest absolute Gasteiger partial charge is 0.305 e. The van der Waals surface area contributed by atoms with Crippen LogP contribution in [0.2, 0.25) is 0 Å². The molecule has 0 bridgehead atoms. The molecule has 6 nitrogen and oxygen atoms in total. The number of hydrogen-bond donors (Lipinski definition) is 3. The number of allylic oxidation sites excluding steroid dienone is 9. The van der Waals surface area contributed by atoms with Gasteiger partial charge < -0.3 is 20.3 Å². The summed E-state index contributed by atoms with van der Waals surface area (Å²) in [4.78, 5) is 24.5. The van der Waals surface area contributed by atoms with Crippen LogP contribution in [0.1, 0.15) is 316 Å². The molecule has 0 heterocycles. The number of esters is 1. The number of carbonyl (C=O) groups excluding carboxylic acids is 2. The van der Waals surface area contributed by atoms with Crippen LogP contribution in [0, 0.1) is 0 Å². The van der Waals surface area contributed by atoms with Crippen LogP contribution < -0.4 is 5.32 Å². The molecule has 0 aliphatic rings. The van der Waals surface area contributed by atoms with E-state index in [0.29, 0.717) is 19.4 Å². The lowest BCUT2D eigenvalue weighted by atomic mass is 10.0. The number of nitrogens with one attached hydrogen (secondary N) is 1. The first-order valence-corrected chi connectivity index (χ1v) is 31.1. The molecule has 0 aliphatic heterocycles. The maximum atomic E-state index is 12.5. The molecular weight excluding hydrogens is 875 g/mol. The lowest BCUT2D eigenvalue weighted by Crippen LogP contribution is -2.45. The number of aliphatic hydroxyl groups excluding tert-OH is 2. The number of rotatable bonds is 57.